The van der Waals surface area contributed by atoms with Crippen molar-refractivity contribution in [1.82, 2.24) is 24.8 Å². The van der Waals surface area contributed by atoms with E-state index in [0.717, 1.165) is 12.8 Å². The fourth-order valence-corrected chi connectivity index (χ4v) is 4.70. The van der Waals surface area contributed by atoms with Gasteiger partial charge in [0, 0.05) is 27.2 Å². The Hall–Kier alpha value is -2.34. The Morgan fingerprint density at radius 3 is 2.79 bits per heavy atom. The summed E-state index contributed by atoms with van der Waals surface area (Å²) in [5.41, 5.74) is 1.05. The zero-order valence-corrected chi connectivity index (χ0v) is 19.3. The number of hydrogen-bond acceptors (Lipinski definition) is 8. The smallest absolute Gasteiger partial charge is 0.319 e. The number of fused-ring (bicyclic) bond motifs is 2. The third-order valence-electron chi connectivity index (χ3n) is 6.34. The van der Waals surface area contributed by atoms with Gasteiger partial charge in [-0.1, -0.05) is 11.6 Å². The van der Waals surface area contributed by atoms with Crippen LogP contribution < -0.4 is 9.47 Å². The molecule has 180 valence electrons. The van der Waals surface area contributed by atoms with Crippen LogP contribution in [0.4, 0.5) is 4.79 Å². The van der Waals surface area contributed by atoms with Gasteiger partial charge >= 0.3 is 6.03 Å². The van der Waals surface area contributed by atoms with E-state index in [-0.39, 0.29) is 37.0 Å². The van der Waals surface area contributed by atoms with Gasteiger partial charge in [-0.15, -0.1) is 0 Å². The lowest BCUT2D eigenvalue weighted by Crippen LogP contribution is -2.44. The lowest BCUT2D eigenvalue weighted by Gasteiger charge is -2.33. The quantitative estimate of drug-likeness (QED) is 0.655. The lowest BCUT2D eigenvalue weighted by molar-refractivity contribution is 0.00706. The van der Waals surface area contributed by atoms with Crippen molar-refractivity contribution in [2.24, 2.45) is 5.92 Å². The Bertz CT molecular complexity index is 1010. The average Bonchev–Trinajstić information content (AvgIpc) is 3.49. The second-order valence-electron chi connectivity index (χ2n) is 8.93. The van der Waals surface area contributed by atoms with Gasteiger partial charge < -0.3 is 38.8 Å². The molecule has 12 heteroatoms. The van der Waals surface area contributed by atoms with Crippen LogP contribution in [-0.4, -0.2) is 107 Å². The molecule has 0 radical (unpaired) electrons. The van der Waals surface area contributed by atoms with Crippen molar-refractivity contribution in [2.75, 3.05) is 47.0 Å². The number of nitrogens with one attached hydrogen (secondary N) is 1. The minimum atomic E-state index is -0.639. The Balaban J connectivity index is 1.19. The number of hydrogen-bond donors (Lipinski definition) is 2. The first-order valence-electron chi connectivity index (χ1n) is 11.1. The van der Waals surface area contributed by atoms with Gasteiger partial charge in [0.15, 0.2) is 11.8 Å². The second kappa shape index (κ2) is 9.13. The number of halogens is 1. The maximum Gasteiger partial charge on any atom is 0.319 e. The number of H-pyrrole nitrogens is 1. The molecule has 2 aromatic rings. The average molecular weight is 482 g/mol. The number of urea groups is 1. The van der Waals surface area contributed by atoms with Crippen LogP contribution in [-0.2, 0) is 9.47 Å². The van der Waals surface area contributed by atoms with Gasteiger partial charge in [-0.3, -0.25) is 0 Å². The number of nitrogens with zero attached hydrogens (tertiary/aromatic N) is 4. The van der Waals surface area contributed by atoms with E-state index >= 15 is 0 Å². The number of likely N-dealkylation sites (tertiary alicyclic amines) is 1. The van der Waals surface area contributed by atoms with E-state index in [4.69, 9.17) is 30.5 Å². The summed E-state index contributed by atoms with van der Waals surface area (Å²) < 4.78 is 23.0. The topological polar surface area (TPSA) is 122 Å². The molecule has 0 saturated carbocycles. The molecule has 0 bridgehead atoms. The number of rotatable bonds is 5. The summed E-state index contributed by atoms with van der Waals surface area (Å²) in [6.45, 7) is 2.43. The third-order valence-corrected chi connectivity index (χ3v) is 6.61. The molecule has 0 unspecified atom stereocenters. The fraction of sp³-hybridized carbons (Fsp3) is 0.667. The molecule has 2 N–H and O–H groups in total. The van der Waals surface area contributed by atoms with Crippen molar-refractivity contribution in [2.45, 2.75) is 37.3 Å². The maximum absolute atomic E-state index is 12.1. The predicted octanol–water partition coefficient (Wildman–Crippen LogP) is 1.29. The van der Waals surface area contributed by atoms with Crippen LogP contribution in [0.15, 0.2) is 6.07 Å². The van der Waals surface area contributed by atoms with Crippen molar-refractivity contribution in [3.8, 4) is 11.9 Å². The molecule has 3 fully saturated rings. The van der Waals surface area contributed by atoms with E-state index in [0.29, 0.717) is 54.3 Å². The minimum absolute atomic E-state index is 0.0384. The summed E-state index contributed by atoms with van der Waals surface area (Å²) in [5, 5.41) is 10.3. The number of carbonyl (C=O) groups is 1. The molecule has 5 rings (SSSR count). The molecule has 3 aliphatic rings. The van der Waals surface area contributed by atoms with E-state index in [1.807, 2.05) is 4.90 Å². The van der Waals surface area contributed by atoms with Gasteiger partial charge in [0.25, 0.3) is 6.01 Å². The van der Waals surface area contributed by atoms with Gasteiger partial charge in [-0.05, 0) is 24.8 Å². The number of ether oxygens (including phenoxy) is 4. The van der Waals surface area contributed by atoms with Crippen LogP contribution >= 0.6 is 11.6 Å². The lowest BCUT2D eigenvalue weighted by atomic mass is 9.98. The molecule has 2 aromatic heterocycles. The minimum Gasteiger partial charge on any atom is -0.476 e. The maximum atomic E-state index is 12.1. The van der Waals surface area contributed by atoms with Gasteiger partial charge in [-0.25, -0.2) is 4.79 Å². The number of pyridine rings is 1. The van der Waals surface area contributed by atoms with Gasteiger partial charge in [0.05, 0.1) is 25.3 Å². The van der Waals surface area contributed by atoms with E-state index in [1.165, 1.54) is 0 Å². The summed E-state index contributed by atoms with van der Waals surface area (Å²) in [6.07, 6.45) is 0.0111. The van der Waals surface area contributed by atoms with Gasteiger partial charge in [0.1, 0.15) is 23.3 Å². The van der Waals surface area contributed by atoms with Crippen molar-refractivity contribution in [3.63, 3.8) is 0 Å². The highest BCUT2D eigenvalue weighted by Crippen LogP contribution is 2.31. The van der Waals surface area contributed by atoms with Crippen LogP contribution in [0.5, 0.6) is 11.9 Å². The zero-order valence-electron chi connectivity index (χ0n) is 18.6. The number of imidazole rings is 1. The summed E-state index contributed by atoms with van der Waals surface area (Å²) in [7, 11) is 3.52. The van der Waals surface area contributed by atoms with Crippen molar-refractivity contribution in [3.05, 3.63) is 11.1 Å². The first-order valence-corrected chi connectivity index (χ1v) is 11.5. The standard InChI is InChI=1S/C21H28ClN5O6/c1-26(2)21(29)27-5-3-11(4-6-27)8-32-19-12(22)7-13-18(24-19)25-20(23-13)33-15-10-31-16-14(28)9-30-17(15)16/h7,11,14-17,28H,3-6,8-10H2,1-2H3,(H,23,24,25)/t14-,15-,16-,17-/m1/s1. The van der Waals surface area contributed by atoms with Gasteiger partial charge in [0.2, 0.25) is 5.88 Å². The molecule has 0 spiro atoms. The molecular formula is C21H28ClN5O6. The zero-order chi connectivity index (χ0) is 23.1. The van der Waals surface area contributed by atoms with Crippen molar-refractivity contribution < 1.29 is 28.8 Å². The summed E-state index contributed by atoms with van der Waals surface area (Å²) in [5.74, 6) is 0.639. The number of amides is 2. The third kappa shape index (κ3) is 4.54. The monoisotopic (exact) mass is 481 g/mol. The summed E-state index contributed by atoms with van der Waals surface area (Å²) in [6, 6.07) is 2.03. The van der Waals surface area contributed by atoms with Crippen LogP contribution in [0.2, 0.25) is 5.02 Å². The Kier molecular flexibility index (Phi) is 6.21. The predicted molar refractivity (Wildman–Crippen MR) is 118 cm³/mol. The van der Waals surface area contributed by atoms with E-state index in [9.17, 15) is 9.90 Å². The number of aliphatic hydroxyl groups excluding tert-OH is 1. The van der Waals surface area contributed by atoms with Crippen molar-refractivity contribution >= 4 is 28.8 Å². The molecule has 0 aromatic carbocycles. The first-order chi connectivity index (χ1) is 15.9. The van der Waals surface area contributed by atoms with E-state index < -0.39 is 6.10 Å². The number of aliphatic hydroxyl groups is 1. The van der Waals surface area contributed by atoms with E-state index in [1.54, 1.807) is 25.1 Å². The molecule has 4 atom stereocenters. The summed E-state index contributed by atoms with van der Waals surface area (Å²) in [4.78, 5) is 27.4. The fourth-order valence-electron chi connectivity index (χ4n) is 4.50. The Morgan fingerprint density at radius 1 is 1.27 bits per heavy atom. The molecular weight excluding hydrogens is 454 g/mol. The Morgan fingerprint density at radius 2 is 2.03 bits per heavy atom. The van der Waals surface area contributed by atoms with Crippen molar-refractivity contribution in [1.29, 1.82) is 0 Å². The molecule has 33 heavy (non-hydrogen) atoms. The number of aromatic amines is 1. The number of aromatic nitrogens is 3. The number of piperidine rings is 1. The second-order valence-corrected chi connectivity index (χ2v) is 9.33. The van der Waals surface area contributed by atoms with Crippen LogP contribution in [0.25, 0.3) is 11.2 Å². The first kappa shape index (κ1) is 22.5. The molecule has 0 aliphatic carbocycles. The van der Waals surface area contributed by atoms with Crippen LogP contribution in [0.1, 0.15) is 12.8 Å². The van der Waals surface area contributed by atoms with Gasteiger partial charge in [-0.2, -0.15) is 9.97 Å². The van der Waals surface area contributed by atoms with Crippen LogP contribution in [0, 0.1) is 5.92 Å². The molecule has 5 heterocycles. The highest BCUT2D eigenvalue weighted by Gasteiger charge is 2.48. The highest BCUT2D eigenvalue weighted by atomic mass is 35.5. The molecule has 3 aliphatic heterocycles. The SMILES string of the molecule is CN(C)C(=O)N1CCC(COc2nc3nc(O[C@@H]4CO[C@H]5[C@@H]4OC[C@H]5O)[nH]c3cc2Cl)CC1. The highest BCUT2D eigenvalue weighted by molar-refractivity contribution is 6.32. The van der Waals surface area contributed by atoms with Crippen LogP contribution in [0.3, 0.4) is 0 Å². The molecule has 11 nitrogen and oxygen atoms in total. The number of carbonyl (C=O) groups excluding carboxylic acids is 1. The summed E-state index contributed by atoms with van der Waals surface area (Å²) >= 11 is 6.39. The molecule has 2 amide bonds. The van der Waals surface area contributed by atoms with E-state index in [2.05, 4.69) is 15.0 Å². The molecule has 3 saturated heterocycles. The normalized spacial score (nSPS) is 27.7. The Labute approximate surface area is 195 Å². The largest absolute Gasteiger partial charge is 0.476 e.